The van der Waals surface area contributed by atoms with Crippen molar-refractivity contribution in [2.75, 3.05) is 0 Å². The molecule has 0 amide bonds. The molecule has 0 aliphatic heterocycles. The standard InChI is InChI=1S/C7H11NOS/c1-5-3-7(4-8-9)10-6(5)2/h3,8-9H,4H2,1-2H3. The Bertz CT molecular complexity index is 200. The largest absolute Gasteiger partial charge is 0.316 e. The predicted octanol–water partition coefficient (Wildman–Crippen LogP) is 1.84. The second kappa shape index (κ2) is 3.14. The average molecular weight is 157 g/mol. The van der Waals surface area contributed by atoms with E-state index in [9.17, 15) is 0 Å². The number of rotatable bonds is 2. The van der Waals surface area contributed by atoms with Crippen LogP contribution in [0.15, 0.2) is 6.07 Å². The van der Waals surface area contributed by atoms with Crippen LogP contribution in [0.1, 0.15) is 15.3 Å². The maximum absolute atomic E-state index is 8.38. The number of nitrogens with one attached hydrogen (secondary N) is 1. The highest BCUT2D eigenvalue weighted by Gasteiger charge is 1.98. The summed E-state index contributed by atoms with van der Waals surface area (Å²) in [5.74, 6) is 0. The molecular formula is C7H11NOS. The van der Waals surface area contributed by atoms with Gasteiger partial charge in [0, 0.05) is 9.75 Å². The summed E-state index contributed by atoms with van der Waals surface area (Å²) in [7, 11) is 0. The molecular weight excluding hydrogens is 146 g/mol. The summed E-state index contributed by atoms with van der Waals surface area (Å²) in [4.78, 5) is 2.50. The number of hydroxylamine groups is 1. The van der Waals surface area contributed by atoms with Gasteiger partial charge in [0.2, 0.25) is 0 Å². The fourth-order valence-electron chi connectivity index (χ4n) is 0.815. The zero-order chi connectivity index (χ0) is 7.56. The Morgan fingerprint density at radius 1 is 1.60 bits per heavy atom. The van der Waals surface area contributed by atoms with E-state index in [1.165, 1.54) is 15.3 Å². The molecule has 0 aromatic carbocycles. The van der Waals surface area contributed by atoms with E-state index in [-0.39, 0.29) is 0 Å². The fourth-order valence-corrected chi connectivity index (χ4v) is 1.80. The first-order valence-corrected chi connectivity index (χ1v) is 3.98. The van der Waals surface area contributed by atoms with Crippen molar-refractivity contribution in [1.29, 1.82) is 0 Å². The minimum Gasteiger partial charge on any atom is -0.316 e. The van der Waals surface area contributed by atoms with E-state index in [0.717, 1.165) is 0 Å². The van der Waals surface area contributed by atoms with E-state index in [0.29, 0.717) is 6.54 Å². The highest BCUT2D eigenvalue weighted by Crippen LogP contribution is 2.19. The zero-order valence-electron chi connectivity index (χ0n) is 6.14. The Morgan fingerprint density at radius 3 is 2.70 bits per heavy atom. The first-order valence-electron chi connectivity index (χ1n) is 3.17. The Morgan fingerprint density at radius 2 is 2.30 bits per heavy atom. The van der Waals surface area contributed by atoms with Crippen LogP contribution in [-0.2, 0) is 6.54 Å². The molecule has 0 spiro atoms. The predicted molar refractivity (Wildman–Crippen MR) is 42.4 cm³/mol. The zero-order valence-corrected chi connectivity index (χ0v) is 6.96. The van der Waals surface area contributed by atoms with Crippen molar-refractivity contribution in [1.82, 2.24) is 5.48 Å². The lowest BCUT2D eigenvalue weighted by Gasteiger charge is -1.89. The molecule has 0 radical (unpaired) electrons. The molecule has 0 aliphatic rings. The van der Waals surface area contributed by atoms with Crippen LogP contribution < -0.4 is 5.48 Å². The van der Waals surface area contributed by atoms with Crippen molar-refractivity contribution >= 4 is 11.3 Å². The van der Waals surface area contributed by atoms with E-state index in [1.807, 2.05) is 0 Å². The molecule has 1 aromatic heterocycles. The molecule has 2 N–H and O–H groups in total. The smallest absolute Gasteiger partial charge is 0.0552 e. The summed E-state index contributed by atoms with van der Waals surface area (Å²) in [5, 5.41) is 8.38. The summed E-state index contributed by atoms with van der Waals surface area (Å²) >= 11 is 1.72. The van der Waals surface area contributed by atoms with Crippen molar-refractivity contribution in [3.05, 3.63) is 21.4 Å². The summed E-state index contributed by atoms with van der Waals surface area (Å²) in [6.07, 6.45) is 0. The van der Waals surface area contributed by atoms with Gasteiger partial charge in [0.15, 0.2) is 0 Å². The van der Waals surface area contributed by atoms with Crippen molar-refractivity contribution in [2.24, 2.45) is 0 Å². The molecule has 10 heavy (non-hydrogen) atoms. The van der Waals surface area contributed by atoms with Crippen LogP contribution in [-0.4, -0.2) is 5.21 Å². The van der Waals surface area contributed by atoms with Gasteiger partial charge in [0.25, 0.3) is 0 Å². The molecule has 2 nitrogen and oxygen atoms in total. The molecule has 1 heterocycles. The van der Waals surface area contributed by atoms with Crippen LogP contribution in [0.2, 0.25) is 0 Å². The highest BCUT2D eigenvalue weighted by atomic mass is 32.1. The summed E-state index contributed by atoms with van der Waals surface area (Å²) in [6.45, 7) is 4.72. The van der Waals surface area contributed by atoms with Gasteiger partial charge in [-0.3, -0.25) is 0 Å². The summed E-state index contributed by atoms with van der Waals surface area (Å²) < 4.78 is 0. The minimum absolute atomic E-state index is 0.555. The normalized spacial score (nSPS) is 10.3. The van der Waals surface area contributed by atoms with Gasteiger partial charge < -0.3 is 5.21 Å². The van der Waals surface area contributed by atoms with Crippen LogP contribution in [0, 0.1) is 13.8 Å². The molecule has 0 fully saturated rings. The number of hydrogen-bond acceptors (Lipinski definition) is 3. The Kier molecular flexibility index (Phi) is 2.43. The van der Waals surface area contributed by atoms with E-state index < -0.39 is 0 Å². The van der Waals surface area contributed by atoms with Crippen LogP contribution in [0.4, 0.5) is 0 Å². The lowest BCUT2D eigenvalue weighted by Crippen LogP contribution is -2.03. The van der Waals surface area contributed by atoms with Crippen molar-refractivity contribution in [3.63, 3.8) is 0 Å². The number of thiophene rings is 1. The maximum atomic E-state index is 8.38. The van der Waals surface area contributed by atoms with Gasteiger partial charge in [-0.1, -0.05) is 0 Å². The van der Waals surface area contributed by atoms with E-state index in [2.05, 4.69) is 25.4 Å². The van der Waals surface area contributed by atoms with Crippen molar-refractivity contribution < 1.29 is 5.21 Å². The lowest BCUT2D eigenvalue weighted by atomic mass is 10.3. The first-order chi connectivity index (χ1) is 4.74. The minimum atomic E-state index is 0.555. The SMILES string of the molecule is Cc1cc(CNO)sc1C. The third-order valence-electron chi connectivity index (χ3n) is 1.47. The number of hydrogen-bond donors (Lipinski definition) is 2. The molecule has 56 valence electrons. The van der Waals surface area contributed by atoms with E-state index >= 15 is 0 Å². The van der Waals surface area contributed by atoms with Gasteiger partial charge in [-0.15, -0.1) is 11.3 Å². The first kappa shape index (κ1) is 7.72. The molecule has 0 bridgehead atoms. The van der Waals surface area contributed by atoms with Crippen molar-refractivity contribution in [3.8, 4) is 0 Å². The van der Waals surface area contributed by atoms with Gasteiger partial charge in [-0.05, 0) is 25.5 Å². The Labute approximate surface area is 64.5 Å². The third kappa shape index (κ3) is 1.56. The van der Waals surface area contributed by atoms with Gasteiger partial charge in [-0.25, -0.2) is 5.48 Å². The number of aryl methyl sites for hydroxylation is 2. The van der Waals surface area contributed by atoms with Crippen LogP contribution >= 0.6 is 11.3 Å². The fraction of sp³-hybridized carbons (Fsp3) is 0.429. The monoisotopic (exact) mass is 157 g/mol. The van der Waals surface area contributed by atoms with Gasteiger partial charge in [0.1, 0.15) is 0 Å². The molecule has 0 saturated carbocycles. The van der Waals surface area contributed by atoms with Crippen LogP contribution in [0.5, 0.6) is 0 Å². The Hall–Kier alpha value is -0.380. The molecule has 0 atom stereocenters. The molecule has 1 rings (SSSR count). The quantitative estimate of drug-likeness (QED) is 0.642. The Balaban J connectivity index is 2.77. The molecule has 1 aromatic rings. The second-order valence-electron chi connectivity index (χ2n) is 2.29. The molecule has 0 saturated heterocycles. The maximum Gasteiger partial charge on any atom is 0.0552 e. The molecule has 3 heteroatoms. The lowest BCUT2D eigenvalue weighted by molar-refractivity contribution is 0.162. The molecule has 0 unspecified atom stereocenters. The third-order valence-corrected chi connectivity index (χ3v) is 2.62. The van der Waals surface area contributed by atoms with Gasteiger partial charge in [-0.2, -0.15) is 0 Å². The summed E-state index contributed by atoms with van der Waals surface area (Å²) in [5.41, 5.74) is 3.44. The van der Waals surface area contributed by atoms with Gasteiger partial charge >= 0.3 is 0 Å². The van der Waals surface area contributed by atoms with Gasteiger partial charge in [0.05, 0.1) is 6.54 Å². The van der Waals surface area contributed by atoms with E-state index in [1.54, 1.807) is 11.3 Å². The highest BCUT2D eigenvalue weighted by molar-refractivity contribution is 7.12. The van der Waals surface area contributed by atoms with E-state index in [4.69, 9.17) is 5.21 Å². The average Bonchev–Trinajstić information content (AvgIpc) is 2.14. The topological polar surface area (TPSA) is 32.3 Å². The van der Waals surface area contributed by atoms with Crippen LogP contribution in [0.25, 0.3) is 0 Å². The molecule has 0 aliphatic carbocycles. The van der Waals surface area contributed by atoms with Crippen LogP contribution in [0.3, 0.4) is 0 Å². The second-order valence-corrected chi connectivity index (χ2v) is 3.63. The summed E-state index contributed by atoms with van der Waals surface area (Å²) in [6, 6.07) is 2.09. The van der Waals surface area contributed by atoms with Crippen molar-refractivity contribution in [2.45, 2.75) is 20.4 Å².